The molecule has 2 heterocycles. The van der Waals surface area contributed by atoms with Gasteiger partial charge in [-0.1, -0.05) is 78.3 Å². The molecular formula is C36H30ClNO2. The molecule has 0 N–H and O–H groups in total. The van der Waals surface area contributed by atoms with Crippen LogP contribution in [0.3, 0.4) is 0 Å². The van der Waals surface area contributed by atoms with Gasteiger partial charge < -0.3 is 14.4 Å². The minimum atomic E-state index is -0.851. The van der Waals surface area contributed by atoms with Crippen molar-refractivity contribution in [2.75, 3.05) is 18.6 Å². The Morgan fingerprint density at radius 2 is 1.57 bits per heavy atom. The van der Waals surface area contributed by atoms with Crippen LogP contribution in [0.15, 0.2) is 103 Å². The third kappa shape index (κ3) is 3.96. The summed E-state index contributed by atoms with van der Waals surface area (Å²) in [5.41, 5.74) is 7.09. The lowest BCUT2D eigenvalue weighted by molar-refractivity contribution is 0.161. The second-order valence-corrected chi connectivity index (χ2v) is 11.0. The maximum absolute atomic E-state index is 7.17. The molecule has 2 aliphatic heterocycles. The zero-order valence-corrected chi connectivity index (χ0v) is 23.4. The number of hydrogen-bond acceptors (Lipinski definition) is 3. The summed E-state index contributed by atoms with van der Waals surface area (Å²) in [5, 5.41) is 3.12. The molecule has 4 heteroatoms. The second kappa shape index (κ2) is 9.76. The highest BCUT2D eigenvalue weighted by Crippen LogP contribution is 2.48. The average molecular weight is 544 g/mol. The van der Waals surface area contributed by atoms with Crippen molar-refractivity contribution in [2.24, 2.45) is 0 Å². The Bertz CT molecular complexity index is 1770. The molecule has 0 bridgehead atoms. The predicted octanol–water partition coefficient (Wildman–Crippen LogP) is 9.24. The van der Waals surface area contributed by atoms with E-state index in [-0.39, 0.29) is 0 Å². The van der Waals surface area contributed by atoms with Crippen LogP contribution in [-0.4, -0.2) is 13.7 Å². The molecule has 2 aliphatic rings. The lowest BCUT2D eigenvalue weighted by Crippen LogP contribution is -2.34. The monoisotopic (exact) mass is 543 g/mol. The number of hydrogen-bond donors (Lipinski definition) is 0. The van der Waals surface area contributed by atoms with Gasteiger partial charge in [0.25, 0.3) is 0 Å². The highest BCUT2D eigenvalue weighted by molar-refractivity contribution is 6.31. The van der Waals surface area contributed by atoms with E-state index in [0.29, 0.717) is 0 Å². The van der Waals surface area contributed by atoms with Gasteiger partial charge in [-0.05, 0) is 72.7 Å². The largest absolute Gasteiger partial charge is 0.497 e. The van der Waals surface area contributed by atoms with E-state index in [2.05, 4.69) is 95.9 Å². The standard InChI is InChI=1S/C36H30ClNO2/c1-24-13-14-27(22-32(24)37)36(26-15-17-28(39-2)18-16-26)20-19-31-29-10-4-5-11-30(29)34(23-35(31)40-36)38-21-7-9-25-8-3-6-12-33(25)38/h3-6,8,10-20,22-23H,7,9,21H2,1-2H3. The smallest absolute Gasteiger partial charge is 0.178 e. The van der Waals surface area contributed by atoms with Gasteiger partial charge in [0, 0.05) is 45.4 Å². The number of halogens is 1. The lowest BCUT2D eigenvalue weighted by Gasteiger charge is -2.38. The zero-order chi connectivity index (χ0) is 27.3. The Morgan fingerprint density at radius 3 is 2.38 bits per heavy atom. The summed E-state index contributed by atoms with van der Waals surface area (Å²) in [6.07, 6.45) is 6.60. The summed E-state index contributed by atoms with van der Waals surface area (Å²) in [6, 6.07) is 34.0. The van der Waals surface area contributed by atoms with Crippen molar-refractivity contribution >= 4 is 39.8 Å². The number of nitrogens with zero attached hydrogens (tertiary/aromatic N) is 1. The number of para-hydroxylation sites is 1. The number of methoxy groups -OCH3 is 1. The van der Waals surface area contributed by atoms with Crippen LogP contribution in [0.25, 0.3) is 16.8 Å². The Kier molecular flexibility index (Phi) is 6.05. The van der Waals surface area contributed by atoms with E-state index in [9.17, 15) is 0 Å². The number of aryl methyl sites for hydroxylation is 2. The summed E-state index contributed by atoms with van der Waals surface area (Å²) in [4.78, 5) is 2.46. The van der Waals surface area contributed by atoms with Crippen LogP contribution in [0.1, 0.15) is 34.2 Å². The fourth-order valence-corrected chi connectivity index (χ4v) is 6.35. The minimum Gasteiger partial charge on any atom is -0.497 e. The molecule has 0 aromatic heterocycles. The number of anilines is 2. The van der Waals surface area contributed by atoms with E-state index in [0.717, 1.165) is 58.2 Å². The van der Waals surface area contributed by atoms with Gasteiger partial charge in [-0.25, -0.2) is 0 Å². The molecule has 1 atom stereocenters. The van der Waals surface area contributed by atoms with E-state index in [1.807, 2.05) is 25.1 Å². The molecule has 1 unspecified atom stereocenters. The molecule has 0 spiro atoms. The first-order chi connectivity index (χ1) is 19.6. The first-order valence-electron chi connectivity index (χ1n) is 13.8. The molecule has 0 radical (unpaired) electrons. The van der Waals surface area contributed by atoms with E-state index < -0.39 is 5.60 Å². The summed E-state index contributed by atoms with van der Waals surface area (Å²) in [5.74, 6) is 1.66. The minimum absolute atomic E-state index is 0.720. The van der Waals surface area contributed by atoms with E-state index >= 15 is 0 Å². The molecule has 0 amide bonds. The van der Waals surface area contributed by atoms with Crippen LogP contribution in [0.2, 0.25) is 5.02 Å². The van der Waals surface area contributed by atoms with Crippen molar-refractivity contribution in [1.82, 2.24) is 0 Å². The molecule has 5 aromatic carbocycles. The van der Waals surface area contributed by atoms with E-state index in [4.69, 9.17) is 21.1 Å². The fourth-order valence-electron chi connectivity index (χ4n) is 6.16. The maximum Gasteiger partial charge on any atom is 0.178 e. The van der Waals surface area contributed by atoms with E-state index in [1.54, 1.807) is 7.11 Å². The number of ether oxygens (including phenoxy) is 2. The van der Waals surface area contributed by atoms with Gasteiger partial charge in [0.1, 0.15) is 11.5 Å². The van der Waals surface area contributed by atoms with Crippen LogP contribution in [-0.2, 0) is 12.0 Å². The highest BCUT2D eigenvalue weighted by atomic mass is 35.5. The Balaban J connectivity index is 1.45. The first kappa shape index (κ1) is 24.8. The summed E-state index contributed by atoms with van der Waals surface area (Å²) < 4.78 is 12.6. The molecule has 0 saturated heterocycles. The Hall–Kier alpha value is -4.21. The average Bonchev–Trinajstić information content (AvgIpc) is 3.01. The molecule has 0 saturated carbocycles. The van der Waals surface area contributed by atoms with Crippen molar-refractivity contribution < 1.29 is 9.47 Å². The maximum atomic E-state index is 7.17. The molecule has 7 rings (SSSR count). The van der Waals surface area contributed by atoms with Crippen molar-refractivity contribution in [2.45, 2.75) is 25.4 Å². The van der Waals surface area contributed by atoms with Crippen molar-refractivity contribution in [1.29, 1.82) is 0 Å². The molecule has 0 aliphatic carbocycles. The Labute approximate surface area is 240 Å². The van der Waals surface area contributed by atoms with Gasteiger partial charge in [0.05, 0.1) is 12.8 Å². The van der Waals surface area contributed by atoms with Gasteiger partial charge in [-0.3, -0.25) is 0 Å². The summed E-state index contributed by atoms with van der Waals surface area (Å²) >= 11 is 6.68. The second-order valence-electron chi connectivity index (χ2n) is 10.6. The van der Waals surface area contributed by atoms with Crippen LogP contribution in [0.5, 0.6) is 11.5 Å². The SMILES string of the molecule is COc1ccc(C2(c3ccc(C)c(Cl)c3)C=Cc3c(cc(N4CCCc5ccccc54)c4ccccc34)O2)cc1. The van der Waals surface area contributed by atoms with Gasteiger partial charge in [0.15, 0.2) is 5.60 Å². The molecule has 198 valence electrons. The topological polar surface area (TPSA) is 21.7 Å². The van der Waals surface area contributed by atoms with Crippen molar-refractivity contribution in [3.05, 3.63) is 136 Å². The lowest BCUT2D eigenvalue weighted by atomic mass is 9.82. The number of fused-ring (bicyclic) bond motifs is 4. The molecule has 3 nitrogen and oxygen atoms in total. The Morgan fingerprint density at radius 1 is 0.825 bits per heavy atom. The highest BCUT2D eigenvalue weighted by Gasteiger charge is 2.38. The predicted molar refractivity (Wildman–Crippen MR) is 165 cm³/mol. The normalized spacial score (nSPS) is 17.7. The quantitative estimate of drug-likeness (QED) is 0.225. The van der Waals surface area contributed by atoms with Crippen molar-refractivity contribution in [3.63, 3.8) is 0 Å². The van der Waals surface area contributed by atoms with Crippen LogP contribution in [0.4, 0.5) is 11.4 Å². The molecule has 40 heavy (non-hydrogen) atoms. The third-order valence-electron chi connectivity index (χ3n) is 8.30. The van der Waals surface area contributed by atoms with Crippen LogP contribution < -0.4 is 14.4 Å². The summed E-state index contributed by atoms with van der Waals surface area (Å²) in [6.45, 7) is 2.99. The zero-order valence-electron chi connectivity index (χ0n) is 22.7. The van der Waals surface area contributed by atoms with Crippen molar-refractivity contribution in [3.8, 4) is 11.5 Å². The third-order valence-corrected chi connectivity index (χ3v) is 8.71. The van der Waals surface area contributed by atoms with E-state index in [1.165, 1.54) is 27.7 Å². The summed E-state index contributed by atoms with van der Waals surface area (Å²) in [7, 11) is 1.68. The van der Waals surface area contributed by atoms with Gasteiger partial charge in [-0.15, -0.1) is 0 Å². The van der Waals surface area contributed by atoms with Gasteiger partial charge >= 0.3 is 0 Å². The number of rotatable bonds is 4. The number of benzene rings is 5. The molecule has 5 aromatic rings. The van der Waals surface area contributed by atoms with Crippen LogP contribution in [0, 0.1) is 6.92 Å². The fraction of sp³-hybridized carbons (Fsp3) is 0.167. The first-order valence-corrected chi connectivity index (χ1v) is 14.2. The van der Waals surface area contributed by atoms with Gasteiger partial charge in [-0.2, -0.15) is 0 Å². The van der Waals surface area contributed by atoms with Gasteiger partial charge in [0.2, 0.25) is 0 Å². The van der Waals surface area contributed by atoms with Crippen LogP contribution >= 0.6 is 11.6 Å². The molecular weight excluding hydrogens is 514 g/mol. The molecule has 0 fully saturated rings.